The number of carboxylic acid groups (broad SMARTS) is 1. The number of furan rings is 1. The Hall–Kier alpha value is -0.900. The molecule has 0 amide bonds. The minimum atomic E-state index is -0.833. The SMILES string of the molecule is CC(=O)O.SCc1ccco1. The quantitative estimate of drug-likeness (QED) is 0.638. The molecule has 0 atom stereocenters. The van der Waals surface area contributed by atoms with E-state index in [1.54, 1.807) is 6.26 Å². The van der Waals surface area contributed by atoms with Crippen LogP contribution in [0, 0.1) is 0 Å². The molecule has 0 spiro atoms. The first kappa shape index (κ1) is 10.1. The van der Waals surface area contributed by atoms with Crippen LogP contribution in [-0.4, -0.2) is 11.1 Å². The van der Waals surface area contributed by atoms with Gasteiger partial charge in [-0.15, -0.1) is 0 Å². The Morgan fingerprint density at radius 3 is 2.55 bits per heavy atom. The molecule has 1 aromatic heterocycles. The molecule has 1 rings (SSSR count). The molecule has 0 saturated heterocycles. The summed E-state index contributed by atoms with van der Waals surface area (Å²) in [5, 5.41) is 7.42. The largest absolute Gasteiger partial charge is 0.481 e. The highest BCUT2D eigenvalue weighted by Gasteiger charge is 1.85. The van der Waals surface area contributed by atoms with Gasteiger partial charge in [0.1, 0.15) is 5.76 Å². The van der Waals surface area contributed by atoms with Gasteiger partial charge in [0.05, 0.1) is 6.26 Å². The molecule has 0 aliphatic rings. The van der Waals surface area contributed by atoms with E-state index in [4.69, 9.17) is 14.3 Å². The lowest BCUT2D eigenvalue weighted by Gasteiger charge is -1.79. The van der Waals surface area contributed by atoms with Crippen LogP contribution < -0.4 is 0 Å². The third-order valence-electron chi connectivity index (χ3n) is 0.736. The van der Waals surface area contributed by atoms with E-state index >= 15 is 0 Å². The Bertz CT molecular complexity index is 189. The molecule has 1 N–H and O–H groups in total. The number of aliphatic carboxylic acids is 1. The normalized spacial score (nSPS) is 8.18. The zero-order valence-corrected chi connectivity index (χ0v) is 7.04. The van der Waals surface area contributed by atoms with Crippen LogP contribution in [-0.2, 0) is 10.5 Å². The summed E-state index contributed by atoms with van der Waals surface area (Å²) in [6, 6.07) is 3.75. The third kappa shape index (κ3) is 6.99. The zero-order chi connectivity index (χ0) is 8.69. The van der Waals surface area contributed by atoms with Gasteiger partial charge in [0, 0.05) is 12.7 Å². The van der Waals surface area contributed by atoms with Gasteiger partial charge in [-0.1, -0.05) is 0 Å². The lowest BCUT2D eigenvalue weighted by atomic mass is 10.5. The maximum atomic E-state index is 9.00. The van der Waals surface area contributed by atoms with Crippen LogP contribution in [0.2, 0.25) is 0 Å². The lowest BCUT2D eigenvalue weighted by molar-refractivity contribution is -0.134. The molecule has 11 heavy (non-hydrogen) atoms. The van der Waals surface area contributed by atoms with Gasteiger partial charge < -0.3 is 9.52 Å². The molecule has 0 radical (unpaired) electrons. The van der Waals surface area contributed by atoms with Crippen molar-refractivity contribution >= 4 is 18.6 Å². The highest BCUT2D eigenvalue weighted by molar-refractivity contribution is 7.79. The Kier molecular flexibility index (Phi) is 5.37. The Balaban J connectivity index is 0.000000218. The summed E-state index contributed by atoms with van der Waals surface area (Å²) in [6.45, 7) is 1.08. The molecule has 0 fully saturated rings. The van der Waals surface area contributed by atoms with Crippen molar-refractivity contribution in [3.63, 3.8) is 0 Å². The van der Waals surface area contributed by atoms with E-state index in [0.29, 0.717) is 5.75 Å². The number of hydrogen-bond acceptors (Lipinski definition) is 3. The van der Waals surface area contributed by atoms with Gasteiger partial charge in [0.15, 0.2) is 0 Å². The van der Waals surface area contributed by atoms with Crippen LogP contribution in [0.5, 0.6) is 0 Å². The van der Waals surface area contributed by atoms with Gasteiger partial charge in [0.25, 0.3) is 5.97 Å². The highest BCUT2D eigenvalue weighted by atomic mass is 32.1. The van der Waals surface area contributed by atoms with Crippen molar-refractivity contribution in [1.29, 1.82) is 0 Å². The van der Waals surface area contributed by atoms with Crippen LogP contribution in [0.4, 0.5) is 0 Å². The van der Waals surface area contributed by atoms with Crippen LogP contribution in [0.3, 0.4) is 0 Å². The summed E-state index contributed by atoms with van der Waals surface area (Å²) in [5.41, 5.74) is 0. The van der Waals surface area contributed by atoms with E-state index < -0.39 is 5.97 Å². The average molecular weight is 174 g/mol. The first-order valence-corrected chi connectivity index (χ1v) is 3.63. The van der Waals surface area contributed by atoms with Crippen molar-refractivity contribution < 1.29 is 14.3 Å². The van der Waals surface area contributed by atoms with E-state index in [9.17, 15) is 0 Å². The Morgan fingerprint density at radius 2 is 2.36 bits per heavy atom. The molecule has 1 aromatic rings. The van der Waals surface area contributed by atoms with Gasteiger partial charge in [0.2, 0.25) is 0 Å². The lowest BCUT2D eigenvalue weighted by Crippen LogP contribution is -1.78. The summed E-state index contributed by atoms with van der Waals surface area (Å²) < 4.78 is 4.91. The van der Waals surface area contributed by atoms with Gasteiger partial charge in [-0.25, -0.2) is 0 Å². The Labute approximate surface area is 70.4 Å². The van der Waals surface area contributed by atoms with Crippen molar-refractivity contribution in [2.45, 2.75) is 12.7 Å². The minimum absolute atomic E-state index is 0.688. The predicted molar refractivity (Wildman–Crippen MR) is 44.7 cm³/mol. The molecule has 0 aliphatic heterocycles. The van der Waals surface area contributed by atoms with Gasteiger partial charge in [-0.3, -0.25) is 4.79 Å². The summed E-state index contributed by atoms with van der Waals surface area (Å²) >= 11 is 3.98. The molecule has 62 valence electrons. The average Bonchev–Trinajstić information content (AvgIpc) is 2.36. The van der Waals surface area contributed by atoms with Crippen LogP contribution in [0.15, 0.2) is 22.8 Å². The standard InChI is InChI=1S/C5H6OS.C2H4O2/c7-4-5-2-1-3-6-5;1-2(3)4/h1-3,7H,4H2;1H3,(H,3,4). The number of carboxylic acids is 1. The van der Waals surface area contributed by atoms with Crippen LogP contribution >= 0.6 is 12.6 Å². The maximum Gasteiger partial charge on any atom is 0.300 e. The summed E-state index contributed by atoms with van der Waals surface area (Å²) in [7, 11) is 0. The summed E-state index contributed by atoms with van der Waals surface area (Å²) in [4.78, 5) is 9.00. The third-order valence-corrected chi connectivity index (χ3v) is 1.05. The van der Waals surface area contributed by atoms with Gasteiger partial charge in [-0.05, 0) is 12.1 Å². The van der Waals surface area contributed by atoms with E-state index in [2.05, 4.69) is 12.6 Å². The van der Waals surface area contributed by atoms with E-state index in [-0.39, 0.29) is 0 Å². The molecule has 0 aromatic carbocycles. The molecule has 0 bridgehead atoms. The second-order valence-electron chi connectivity index (χ2n) is 1.76. The second kappa shape index (κ2) is 5.85. The number of thiol groups is 1. The maximum absolute atomic E-state index is 9.00. The highest BCUT2D eigenvalue weighted by Crippen LogP contribution is 2.01. The molecule has 1 heterocycles. The Morgan fingerprint density at radius 1 is 1.82 bits per heavy atom. The minimum Gasteiger partial charge on any atom is -0.481 e. The van der Waals surface area contributed by atoms with Crippen LogP contribution in [0.1, 0.15) is 12.7 Å². The number of hydrogen-bond donors (Lipinski definition) is 2. The smallest absolute Gasteiger partial charge is 0.300 e. The van der Waals surface area contributed by atoms with Crippen molar-refractivity contribution in [3.05, 3.63) is 24.2 Å². The van der Waals surface area contributed by atoms with Crippen molar-refractivity contribution in [2.75, 3.05) is 0 Å². The molecule has 4 heteroatoms. The fourth-order valence-electron chi connectivity index (χ4n) is 0.403. The molecule has 0 aliphatic carbocycles. The van der Waals surface area contributed by atoms with Crippen LogP contribution in [0.25, 0.3) is 0 Å². The molecular formula is C7H10O3S. The van der Waals surface area contributed by atoms with Crippen molar-refractivity contribution in [2.24, 2.45) is 0 Å². The summed E-state index contributed by atoms with van der Waals surface area (Å²) in [6.07, 6.45) is 1.64. The fraction of sp³-hybridized carbons (Fsp3) is 0.286. The van der Waals surface area contributed by atoms with Crippen molar-refractivity contribution in [3.8, 4) is 0 Å². The van der Waals surface area contributed by atoms with E-state index in [0.717, 1.165) is 12.7 Å². The zero-order valence-electron chi connectivity index (χ0n) is 6.15. The molecule has 3 nitrogen and oxygen atoms in total. The van der Waals surface area contributed by atoms with Gasteiger partial charge in [-0.2, -0.15) is 12.6 Å². The monoisotopic (exact) mass is 174 g/mol. The van der Waals surface area contributed by atoms with Gasteiger partial charge >= 0.3 is 0 Å². The molecule has 0 unspecified atom stereocenters. The molecular weight excluding hydrogens is 164 g/mol. The fourth-order valence-corrected chi connectivity index (χ4v) is 0.582. The predicted octanol–water partition coefficient (Wildman–Crippen LogP) is 1.80. The first-order chi connectivity index (χ1) is 5.16. The molecule has 0 saturated carbocycles. The van der Waals surface area contributed by atoms with Crippen molar-refractivity contribution in [1.82, 2.24) is 0 Å². The second-order valence-corrected chi connectivity index (χ2v) is 2.07. The van der Waals surface area contributed by atoms with E-state index in [1.165, 1.54) is 0 Å². The van der Waals surface area contributed by atoms with E-state index in [1.807, 2.05) is 12.1 Å². The summed E-state index contributed by atoms with van der Waals surface area (Å²) in [5.74, 6) is 0.774. The number of carbonyl (C=O) groups is 1. The first-order valence-electron chi connectivity index (χ1n) is 2.99. The topological polar surface area (TPSA) is 50.4 Å². The number of rotatable bonds is 1.